The minimum absolute atomic E-state index is 0.374. The SMILES string of the molecule is CCCCCCCCCCCCCCCCCCC(O)C(=O)NC(CO)C(O)C(O)CCCCCCCCCC. The van der Waals surface area contributed by atoms with Crippen molar-refractivity contribution < 1.29 is 25.2 Å². The van der Waals surface area contributed by atoms with Gasteiger partial charge in [-0.3, -0.25) is 4.79 Å². The molecule has 0 aromatic rings. The quantitative estimate of drug-likeness (QED) is 0.0547. The maximum Gasteiger partial charge on any atom is 0.249 e. The van der Waals surface area contributed by atoms with Gasteiger partial charge in [-0.05, 0) is 12.8 Å². The molecule has 0 saturated carbocycles. The van der Waals surface area contributed by atoms with Crippen LogP contribution < -0.4 is 5.32 Å². The Kier molecular flexibility index (Phi) is 29.3. The standard InChI is InChI=1S/C34H69NO5/c1-3-5-7-9-11-13-14-15-16-17-18-19-20-22-24-26-28-32(38)34(40)35-30(29-36)33(39)31(37)27-25-23-21-12-10-8-6-4-2/h30-33,36-39H,3-29H2,1-2H3,(H,35,40). The van der Waals surface area contributed by atoms with Crippen molar-refractivity contribution in [2.24, 2.45) is 0 Å². The lowest BCUT2D eigenvalue weighted by Crippen LogP contribution is -2.53. The van der Waals surface area contributed by atoms with Gasteiger partial charge in [0.25, 0.3) is 0 Å². The summed E-state index contributed by atoms with van der Waals surface area (Å²) >= 11 is 0. The molecule has 0 bridgehead atoms. The summed E-state index contributed by atoms with van der Waals surface area (Å²) in [5.74, 6) is -0.585. The fourth-order valence-corrected chi connectivity index (χ4v) is 5.46. The smallest absolute Gasteiger partial charge is 0.249 e. The molecule has 240 valence electrons. The summed E-state index contributed by atoms with van der Waals surface area (Å²) in [6, 6.07) is -0.975. The minimum Gasteiger partial charge on any atom is -0.394 e. The number of hydrogen-bond acceptors (Lipinski definition) is 5. The van der Waals surface area contributed by atoms with Gasteiger partial charge in [-0.1, -0.05) is 168 Å². The molecule has 5 N–H and O–H groups in total. The van der Waals surface area contributed by atoms with Crippen molar-refractivity contribution in [1.82, 2.24) is 5.32 Å². The van der Waals surface area contributed by atoms with Gasteiger partial charge in [0.15, 0.2) is 0 Å². The molecule has 4 atom stereocenters. The Hall–Kier alpha value is -0.690. The second-order valence-electron chi connectivity index (χ2n) is 12.2. The van der Waals surface area contributed by atoms with Gasteiger partial charge in [0, 0.05) is 0 Å². The van der Waals surface area contributed by atoms with E-state index in [-0.39, 0.29) is 0 Å². The molecule has 6 heteroatoms. The third-order valence-electron chi connectivity index (χ3n) is 8.32. The van der Waals surface area contributed by atoms with Crippen LogP contribution in [0.1, 0.15) is 181 Å². The summed E-state index contributed by atoms with van der Waals surface area (Å²) < 4.78 is 0. The maximum absolute atomic E-state index is 12.4. The zero-order valence-electron chi connectivity index (χ0n) is 26.6. The number of hydrogen-bond donors (Lipinski definition) is 5. The molecule has 0 radical (unpaired) electrons. The van der Waals surface area contributed by atoms with Crippen molar-refractivity contribution in [3.8, 4) is 0 Å². The topological polar surface area (TPSA) is 110 Å². The normalized spacial score (nSPS) is 14.7. The Morgan fingerprint density at radius 3 is 1.20 bits per heavy atom. The molecule has 0 rings (SSSR count). The molecule has 1 amide bonds. The predicted molar refractivity (Wildman–Crippen MR) is 168 cm³/mol. The molecular weight excluding hydrogens is 502 g/mol. The van der Waals surface area contributed by atoms with Gasteiger partial charge < -0.3 is 25.7 Å². The summed E-state index contributed by atoms with van der Waals surface area (Å²) in [6.07, 6.45) is 27.0. The van der Waals surface area contributed by atoms with Crippen LogP contribution in [0, 0.1) is 0 Å². The van der Waals surface area contributed by atoms with E-state index in [0.29, 0.717) is 12.8 Å². The van der Waals surface area contributed by atoms with E-state index in [1.807, 2.05) is 0 Å². The molecule has 0 heterocycles. The second kappa shape index (κ2) is 29.8. The Morgan fingerprint density at radius 1 is 0.525 bits per heavy atom. The van der Waals surface area contributed by atoms with Crippen LogP contribution in [0.3, 0.4) is 0 Å². The van der Waals surface area contributed by atoms with E-state index >= 15 is 0 Å². The molecule has 0 aliphatic heterocycles. The fourth-order valence-electron chi connectivity index (χ4n) is 5.46. The molecule has 0 spiro atoms. The first-order chi connectivity index (χ1) is 19.5. The van der Waals surface area contributed by atoms with E-state index in [0.717, 1.165) is 38.5 Å². The van der Waals surface area contributed by atoms with Crippen LogP contribution in [-0.4, -0.2) is 57.3 Å². The third-order valence-corrected chi connectivity index (χ3v) is 8.32. The molecule has 0 saturated heterocycles. The van der Waals surface area contributed by atoms with E-state index in [1.165, 1.54) is 116 Å². The molecule has 6 nitrogen and oxygen atoms in total. The molecule has 0 aliphatic rings. The molecular formula is C34H69NO5. The van der Waals surface area contributed by atoms with Gasteiger partial charge in [0.2, 0.25) is 5.91 Å². The van der Waals surface area contributed by atoms with E-state index in [4.69, 9.17) is 0 Å². The van der Waals surface area contributed by atoms with Crippen molar-refractivity contribution in [2.45, 2.75) is 205 Å². The summed E-state index contributed by atoms with van der Waals surface area (Å²) in [4.78, 5) is 12.4. The Morgan fingerprint density at radius 2 is 0.850 bits per heavy atom. The van der Waals surface area contributed by atoms with Crippen molar-refractivity contribution >= 4 is 5.91 Å². The highest BCUT2D eigenvalue weighted by molar-refractivity contribution is 5.80. The van der Waals surface area contributed by atoms with Crippen molar-refractivity contribution in [2.75, 3.05) is 6.61 Å². The first kappa shape index (κ1) is 39.3. The number of carbonyl (C=O) groups excluding carboxylic acids is 1. The number of nitrogens with one attached hydrogen (secondary N) is 1. The average molecular weight is 572 g/mol. The molecule has 0 aromatic carbocycles. The number of amides is 1. The van der Waals surface area contributed by atoms with Gasteiger partial charge in [0.05, 0.1) is 18.8 Å². The van der Waals surface area contributed by atoms with Gasteiger partial charge in [-0.2, -0.15) is 0 Å². The Balaban J connectivity index is 3.77. The van der Waals surface area contributed by atoms with E-state index in [1.54, 1.807) is 0 Å². The van der Waals surface area contributed by atoms with Crippen LogP contribution in [-0.2, 0) is 4.79 Å². The summed E-state index contributed by atoms with van der Waals surface area (Å²) in [5.41, 5.74) is 0. The van der Waals surface area contributed by atoms with Crippen LogP contribution in [0.2, 0.25) is 0 Å². The number of rotatable bonds is 31. The largest absolute Gasteiger partial charge is 0.394 e. The Labute approximate surface area is 248 Å². The fraction of sp³-hybridized carbons (Fsp3) is 0.971. The van der Waals surface area contributed by atoms with Crippen LogP contribution in [0.25, 0.3) is 0 Å². The van der Waals surface area contributed by atoms with Crippen molar-refractivity contribution in [3.05, 3.63) is 0 Å². The highest BCUT2D eigenvalue weighted by Gasteiger charge is 2.28. The van der Waals surface area contributed by atoms with Gasteiger partial charge in [0.1, 0.15) is 12.2 Å². The molecule has 0 fully saturated rings. The summed E-state index contributed by atoms with van der Waals surface area (Å²) in [6.45, 7) is 3.99. The monoisotopic (exact) mass is 572 g/mol. The minimum atomic E-state index is -1.25. The lowest BCUT2D eigenvalue weighted by molar-refractivity contribution is -0.132. The summed E-state index contributed by atoms with van der Waals surface area (Å²) in [5, 5.41) is 43.2. The number of carbonyl (C=O) groups is 1. The van der Waals surface area contributed by atoms with E-state index < -0.39 is 36.9 Å². The third kappa shape index (κ3) is 24.0. The maximum atomic E-state index is 12.4. The zero-order chi connectivity index (χ0) is 29.7. The molecule has 40 heavy (non-hydrogen) atoms. The lowest BCUT2D eigenvalue weighted by Gasteiger charge is -2.27. The number of aliphatic hydroxyl groups excluding tert-OH is 4. The van der Waals surface area contributed by atoms with E-state index in [9.17, 15) is 25.2 Å². The first-order valence-electron chi connectivity index (χ1n) is 17.4. The molecule has 0 aliphatic carbocycles. The first-order valence-corrected chi connectivity index (χ1v) is 17.4. The molecule has 0 aromatic heterocycles. The molecule has 4 unspecified atom stereocenters. The van der Waals surface area contributed by atoms with Crippen LogP contribution in [0.5, 0.6) is 0 Å². The van der Waals surface area contributed by atoms with Gasteiger partial charge in [-0.15, -0.1) is 0 Å². The van der Waals surface area contributed by atoms with Crippen LogP contribution >= 0.6 is 0 Å². The lowest BCUT2D eigenvalue weighted by atomic mass is 9.99. The van der Waals surface area contributed by atoms with E-state index in [2.05, 4.69) is 19.2 Å². The summed E-state index contributed by atoms with van der Waals surface area (Å²) in [7, 11) is 0. The second-order valence-corrected chi connectivity index (χ2v) is 12.2. The van der Waals surface area contributed by atoms with Crippen LogP contribution in [0.4, 0.5) is 0 Å². The Bertz CT molecular complexity index is 532. The number of aliphatic hydroxyl groups is 4. The highest BCUT2D eigenvalue weighted by atomic mass is 16.3. The van der Waals surface area contributed by atoms with Crippen LogP contribution in [0.15, 0.2) is 0 Å². The number of unbranched alkanes of at least 4 members (excludes halogenated alkanes) is 22. The highest BCUT2D eigenvalue weighted by Crippen LogP contribution is 2.16. The van der Waals surface area contributed by atoms with Crippen molar-refractivity contribution in [1.29, 1.82) is 0 Å². The van der Waals surface area contributed by atoms with Gasteiger partial charge in [-0.25, -0.2) is 0 Å². The predicted octanol–water partition coefficient (Wildman–Crippen LogP) is 7.73. The van der Waals surface area contributed by atoms with Gasteiger partial charge >= 0.3 is 0 Å². The zero-order valence-corrected chi connectivity index (χ0v) is 26.6. The van der Waals surface area contributed by atoms with Crippen molar-refractivity contribution in [3.63, 3.8) is 0 Å². The average Bonchev–Trinajstić information content (AvgIpc) is 2.96.